The standard InChI is InChI=1S/C17H14N2O4/c20-17(7-4-12-2-1-3-15(10-12)19(21)22)18-14-5-6-16-13(11-14)8-9-23-16/h1-7,10-11H,8-9H2,(H,18,20). The lowest BCUT2D eigenvalue weighted by atomic mass is 10.1. The number of rotatable bonds is 4. The van der Waals surface area contributed by atoms with Gasteiger partial charge in [-0.3, -0.25) is 14.9 Å². The zero-order valence-corrected chi connectivity index (χ0v) is 12.2. The molecule has 0 saturated carbocycles. The van der Waals surface area contributed by atoms with Gasteiger partial charge in [0.2, 0.25) is 5.91 Å². The van der Waals surface area contributed by atoms with Crippen LogP contribution in [0.5, 0.6) is 5.75 Å². The van der Waals surface area contributed by atoms with Crippen LogP contribution in [0, 0.1) is 10.1 Å². The Labute approximate surface area is 132 Å². The SMILES string of the molecule is O=C(C=Cc1cccc([N+](=O)[O-])c1)Nc1ccc2c(c1)CCO2. The number of benzene rings is 2. The molecule has 0 saturated heterocycles. The smallest absolute Gasteiger partial charge is 0.270 e. The molecule has 1 heterocycles. The number of hydrogen-bond donors (Lipinski definition) is 1. The van der Waals surface area contributed by atoms with Crippen LogP contribution in [0.1, 0.15) is 11.1 Å². The van der Waals surface area contributed by atoms with Crippen molar-refractivity contribution in [1.82, 2.24) is 0 Å². The first-order valence-corrected chi connectivity index (χ1v) is 7.11. The molecule has 0 atom stereocenters. The number of nitrogens with one attached hydrogen (secondary N) is 1. The number of carbonyl (C=O) groups is 1. The first-order chi connectivity index (χ1) is 11.1. The van der Waals surface area contributed by atoms with Gasteiger partial charge in [0.25, 0.3) is 5.69 Å². The van der Waals surface area contributed by atoms with Gasteiger partial charge in [-0.15, -0.1) is 0 Å². The highest BCUT2D eigenvalue weighted by molar-refractivity contribution is 6.02. The van der Waals surface area contributed by atoms with Crippen molar-refractivity contribution >= 4 is 23.4 Å². The molecular weight excluding hydrogens is 296 g/mol. The van der Waals surface area contributed by atoms with Crippen LogP contribution in [-0.4, -0.2) is 17.4 Å². The lowest BCUT2D eigenvalue weighted by Gasteiger charge is -2.04. The van der Waals surface area contributed by atoms with Crippen LogP contribution >= 0.6 is 0 Å². The van der Waals surface area contributed by atoms with Gasteiger partial charge in [0.1, 0.15) is 5.75 Å². The maximum Gasteiger partial charge on any atom is 0.270 e. The molecule has 0 aromatic heterocycles. The molecule has 0 aliphatic carbocycles. The molecule has 2 aromatic carbocycles. The largest absolute Gasteiger partial charge is 0.493 e. The van der Waals surface area contributed by atoms with Crippen molar-refractivity contribution in [3.05, 3.63) is 69.8 Å². The van der Waals surface area contributed by atoms with Gasteiger partial charge in [-0.2, -0.15) is 0 Å². The summed E-state index contributed by atoms with van der Waals surface area (Å²) in [6, 6.07) is 11.6. The average Bonchev–Trinajstić information content (AvgIpc) is 3.01. The van der Waals surface area contributed by atoms with Crippen molar-refractivity contribution in [3.63, 3.8) is 0 Å². The Kier molecular flexibility index (Phi) is 4.05. The summed E-state index contributed by atoms with van der Waals surface area (Å²) in [7, 11) is 0. The molecule has 23 heavy (non-hydrogen) atoms. The van der Waals surface area contributed by atoms with Crippen molar-refractivity contribution < 1.29 is 14.5 Å². The third kappa shape index (κ3) is 3.55. The second-order valence-corrected chi connectivity index (χ2v) is 5.10. The summed E-state index contributed by atoms with van der Waals surface area (Å²) in [5.74, 6) is 0.561. The van der Waals surface area contributed by atoms with E-state index in [-0.39, 0.29) is 11.6 Å². The lowest BCUT2D eigenvalue weighted by molar-refractivity contribution is -0.384. The van der Waals surface area contributed by atoms with Crippen LogP contribution in [-0.2, 0) is 11.2 Å². The molecule has 2 aromatic rings. The molecule has 0 unspecified atom stereocenters. The number of hydrogen-bond acceptors (Lipinski definition) is 4. The summed E-state index contributed by atoms with van der Waals surface area (Å²) in [5, 5.41) is 13.5. The minimum Gasteiger partial charge on any atom is -0.493 e. The van der Waals surface area contributed by atoms with E-state index in [1.54, 1.807) is 24.3 Å². The van der Waals surface area contributed by atoms with Crippen LogP contribution in [0.4, 0.5) is 11.4 Å². The lowest BCUT2D eigenvalue weighted by Crippen LogP contribution is -2.07. The Morgan fingerprint density at radius 3 is 2.96 bits per heavy atom. The van der Waals surface area contributed by atoms with Crippen molar-refractivity contribution in [2.75, 3.05) is 11.9 Å². The number of fused-ring (bicyclic) bond motifs is 1. The van der Waals surface area contributed by atoms with E-state index in [1.807, 2.05) is 12.1 Å². The fraction of sp³-hybridized carbons (Fsp3) is 0.118. The van der Waals surface area contributed by atoms with E-state index in [9.17, 15) is 14.9 Å². The van der Waals surface area contributed by atoms with Crippen LogP contribution in [0.3, 0.4) is 0 Å². The highest BCUT2D eigenvalue weighted by Crippen LogP contribution is 2.27. The number of amides is 1. The van der Waals surface area contributed by atoms with Crippen molar-refractivity contribution in [2.24, 2.45) is 0 Å². The Balaban J connectivity index is 1.67. The zero-order chi connectivity index (χ0) is 16.2. The molecule has 0 bridgehead atoms. The third-order valence-electron chi connectivity index (χ3n) is 3.47. The average molecular weight is 310 g/mol. The Morgan fingerprint density at radius 1 is 1.26 bits per heavy atom. The summed E-state index contributed by atoms with van der Waals surface area (Å²) in [5.41, 5.74) is 2.36. The minimum absolute atomic E-state index is 0.00817. The summed E-state index contributed by atoms with van der Waals surface area (Å²) in [4.78, 5) is 22.2. The predicted octanol–water partition coefficient (Wildman–Crippen LogP) is 3.18. The van der Waals surface area contributed by atoms with Crippen LogP contribution in [0.2, 0.25) is 0 Å². The number of nitro groups is 1. The van der Waals surface area contributed by atoms with Crippen molar-refractivity contribution in [1.29, 1.82) is 0 Å². The van der Waals surface area contributed by atoms with E-state index >= 15 is 0 Å². The quantitative estimate of drug-likeness (QED) is 0.534. The maximum atomic E-state index is 11.9. The highest BCUT2D eigenvalue weighted by atomic mass is 16.6. The number of non-ortho nitro benzene ring substituents is 1. The Hall–Kier alpha value is -3.15. The molecule has 0 fully saturated rings. The van der Waals surface area contributed by atoms with Crippen molar-refractivity contribution in [3.8, 4) is 5.75 Å². The molecule has 6 nitrogen and oxygen atoms in total. The first kappa shape index (κ1) is 14.8. The van der Waals surface area contributed by atoms with Gasteiger partial charge in [0.15, 0.2) is 0 Å². The van der Waals surface area contributed by atoms with Crippen LogP contribution in [0.25, 0.3) is 6.08 Å². The Bertz CT molecular complexity index is 799. The van der Waals surface area contributed by atoms with Crippen LogP contribution in [0.15, 0.2) is 48.5 Å². The minimum atomic E-state index is -0.468. The van der Waals surface area contributed by atoms with Gasteiger partial charge in [-0.25, -0.2) is 0 Å². The molecule has 3 rings (SSSR count). The van der Waals surface area contributed by atoms with Gasteiger partial charge in [-0.05, 0) is 35.4 Å². The summed E-state index contributed by atoms with van der Waals surface area (Å²) in [6.07, 6.45) is 3.73. The van der Waals surface area contributed by atoms with E-state index in [0.29, 0.717) is 17.9 Å². The number of ether oxygens (including phenoxy) is 1. The zero-order valence-electron chi connectivity index (χ0n) is 12.2. The molecule has 1 N–H and O–H groups in total. The number of nitrogens with zero attached hydrogens (tertiary/aromatic N) is 1. The van der Waals surface area contributed by atoms with Gasteiger partial charge < -0.3 is 10.1 Å². The molecule has 1 amide bonds. The van der Waals surface area contributed by atoms with Gasteiger partial charge in [0.05, 0.1) is 11.5 Å². The molecule has 1 aliphatic heterocycles. The maximum absolute atomic E-state index is 11.9. The number of carbonyl (C=O) groups excluding carboxylic acids is 1. The predicted molar refractivity (Wildman–Crippen MR) is 86.4 cm³/mol. The van der Waals surface area contributed by atoms with E-state index in [4.69, 9.17) is 4.74 Å². The Morgan fingerprint density at radius 2 is 2.13 bits per heavy atom. The van der Waals surface area contributed by atoms with E-state index in [0.717, 1.165) is 17.7 Å². The third-order valence-corrected chi connectivity index (χ3v) is 3.47. The fourth-order valence-electron chi connectivity index (χ4n) is 2.36. The molecule has 0 spiro atoms. The molecule has 1 aliphatic rings. The monoisotopic (exact) mass is 310 g/mol. The van der Waals surface area contributed by atoms with Crippen molar-refractivity contribution in [2.45, 2.75) is 6.42 Å². The number of anilines is 1. The summed E-state index contributed by atoms with van der Waals surface area (Å²) in [6.45, 7) is 0.666. The van der Waals surface area contributed by atoms with Gasteiger partial charge in [0, 0.05) is 30.3 Å². The number of nitro benzene ring substituents is 1. The summed E-state index contributed by atoms with van der Waals surface area (Å²) >= 11 is 0. The first-order valence-electron chi connectivity index (χ1n) is 7.11. The van der Waals surface area contributed by atoms with E-state index in [1.165, 1.54) is 18.2 Å². The molecule has 0 radical (unpaired) electrons. The fourth-order valence-corrected chi connectivity index (χ4v) is 2.36. The molecule has 6 heteroatoms. The van der Waals surface area contributed by atoms with E-state index in [2.05, 4.69) is 5.32 Å². The highest BCUT2D eigenvalue weighted by Gasteiger charge is 2.12. The summed E-state index contributed by atoms with van der Waals surface area (Å²) < 4.78 is 5.41. The van der Waals surface area contributed by atoms with Gasteiger partial charge >= 0.3 is 0 Å². The van der Waals surface area contributed by atoms with Gasteiger partial charge in [-0.1, -0.05) is 12.1 Å². The van der Waals surface area contributed by atoms with Crippen LogP contribution < -0.4 is 10.1 Å². The topological polar surface area (TPSA) is 81.5 Å². The second-order valence-electron chi connectivity index (χ2n) is 5.10. The normalized spacial score (nSPS) is 12.7. The molecular formula is C17H14N2O4. The second kappa shape index (κ2) is 6.31. The van der Waals surface area contributed by atoms with E-state index < -0.39 is 4.92 Å². The molecule has 116 valence electrons.